The van der Waals surface area contributed by atoms with Crippen LogP contribution in [0.3, 0.4) is 0 Å². The maximum atomic E-state index is 11.5. The second-order valence-corrected chi connectivity index (χ2v) is 7.48. The Bertz CT molecular complexity index is 467. The standard InChI is InChI=1S/C12H16BrNO4S/c1-12(2,3)18-11(17)14-8(10(15)16)6-7-4-5-9(13)19-7/h4-5,8H,6H2,1-3H3,(H,14,17)(H,15,16)/p-1/t8-/m1/s1. The lowest BCUT2D eigenvalue weighted by atomic mass is 10.2. The van der Waals surface area contributed by atoms with Crippen molar-refractivity contribution < 1.29 is 19.4 Å². The number of hydrogen-bond acceptors (Lipinski definition) is 5. The van der Waals surface area contributed by atoms with Crippen LogP contribution < -0.4 is 10.4 Å². The molecule has 1 N–H and O–H groups in total. The van der Waals surface area contributed by atoms with E-state index < -0.39 is 23.7 Å². The minimum atomic E-state index is -1.34. The smallest absolute Gasteiger partial charge is 0.408 e. The van der Waals surface area contributed by atoms with Crippen molar-refractivity contribution in [3.63, 3.8) is 0 Å². The van der Waals surface area contributed by atoms with E-state index in [1.54, 1.807) is 26.8 Å². The number of amides is 1. The number of carboxylic acids is 1. The molecule has 0 aliphatic carbocycles. The summed E-state index contributed by atoms with van der Waals surface area (Å²) in [7, 11) is 0. The quantitative estimate of drug-likeness (QED) is 0.897. The third-order valence-corrected chi connectivity index (χ3v) is 3.66. The number of aliphatic carboxylic acids is 1. The van der Waals surface area contributed by atoms with Crippen LogP contribution in [0.25, 0.3) is 0 Å². The maximum absolute atomic E-state index is 11.5. The molecule has 106 valence electrons. The van der Waals surface area contributed by atoms with Crippen LogP contribution in [-0.2, 0) is 16.0 Å². The molecule has 1 atom stereocenters. The van der Waals surface area contributed by atoms with E-state index in [0.717, 1.165) is 8.66 Å². The van der Waals surface area contributed by atoms with Gasteiger partial charge in [0.1, 0.15) is 5.60 Å². The van der Waals surface area contributed by atoms with E-state index >= 15 is 0 Å². The van der Waals surface area contributed by atoms with E-state index in [2.05, 4.69) is 21.2 Å². The monoisotopic (exact) mass is 348 g/mol. The number of ether oxygens (including phenoxy) is 1. The first-order chi connectivity index (χ1) is 8.67. The SMILES string of the molecule is CC(C)(C)OC(=O)N[C@H](Cc1ccc(Br)s1)C(=O)[O-]. The Kier molecular flexibility index (Phi) is 5.37. The van der Waals surface area contributed by atoms with Crippen LogP contribution in [0.1, 0.15) is 25.6 Å². The Labute approximate surface area is 124 Å². The first-order valence-electron chi connectivity index (χ1n) is 5.62. The minimum Gasteiger partial charge on any atom is -0.548 e. The van der Waals surface area contributed by atoms with Crippen molar-refractivity contribution >= 4 is 39.3 Å². The van der Waals surface area contributed by atoms with Crippen molar-refractivity contribution in [2.24, 2.45) is 0 Å². The summed E-state index contributed by atoms with van der Waals surface area (Å²) in [6, 6.07) is 2.50. The minimum absolute atomic E-state index is 0.165. The Hall–Kier alpha value is -1.08. The first kappa shape index (κ1) is 16.0. The fourth-order valence-corrected chi connectivity index (χ4v) is 2.83. The van der Waals surface area contributed by atoms with E-state index in [1.165, 1.54) is 11.3 Å². The second kappa shape index (κ2) is 6.38. The van der Waals surface area contributed by atoms with Gasteiger partial charge in [0.05, 0.1) is 15.8 Å². The van der Waals surface area contributed by atoms with E-state index in [-0.39, 0.29) is 6.42 Å². The van der Waals surface area contributed by atoms with Gasteiger partial charge in [-0.2, -0.15) is 0 Å². The second-order valence-electron chi connectivity index (χ2n) is 4.93. The lowest BCUT2D eigenvalue weighted by molar-refractivity contribution is -0.308. The molecule has 0 radical (unpaired) electrons. The lowest BCUT2D eigenvalue weighted by Gasteiger charge is -2.23. The van der Waals surface area contributed by atoms with Crippen LogP contribution in [0, 0.1) is 0 Å². The molecule has 0 unspecified atom stereocenters. The van der Waals surface area contributed by atoms with Crippen molar-refractivity contribution in [3.8, 4) is 0 Å². The Morgan fingerprint density at radius 2 is 2.11 bits per heavy atom. The van der Waals surface area contributed by atoms with Gasteiger partial charge in [0, 0.05) is 11.3 Å². The van der Waals surface area contributed by atoms with E-state index in [9.17, 15) is 14.7 Å². The molecule has 1 rings (SSSR count). The van der Waals surface area contributed by atoms with Crippen molar-refractivity contribution in [1.82, 2.24) is 5.32 Å². The van der Waals surface area contributed by atoms with Gasteiger partial charge in [-0.1, -0.05) is 0 Å². The Morgan fingerprint density at radius 1 is 1.47 bits per heavy atom. The molecule has 5 nitrogen and oxygen atoms in total. The van der Waals surface area contributed by atoms with E-state index in [1.807, 2.05) is 6.07 Å². The highest BCUT2D eigenvalue weighted by Gasteiger charge is 2.20. The number of carbonyl (C=O) groups is 2. The molecule has 1 aromatic heterocycles. The molecule has 1 heterocycles. The molecule has 0 saturated carbocycles. The molecule has 19 heavy (non-hydrogen) atoms. The first-order valence-corrected chi connectivity index (χ1v) is 7.23. The number of carboxylic acid groups (broad SMARTS) is 1. The highest BCUT2D eigenvalue weighted by molar-refractivity contribution is 9.11. The molecule has 1 aromatic rings. The summed E-state index contributed by atoms with van der Waals surface area (Å²) in [6.07, 6.45) is -0.602. The average molecular weight is 349 g/mol. The van der Waals surface area contributed by atoms with E-state index in [0.29, 0.717) is 0 Å². The predicted octanol–water partition coefficient (Wildman–Crippen LogP) is 1.70. The normalized spacial score (nSPS) is 12.8. The fourth-order valence-electron chi connectivity index (χ4n) is 1.31. The van der Waals surface area contributed by atoms with Crippen LogP contribution in [0.4, 0.5) is 4.79 Å². The summed E-state index contributed by atoms with van der Waals surface area (Å²) in [4.78, 5) is 23.4. The molecular weight excluding hydrogens is 334 g/mol. The Balaban J connectivity index is 2.63. The van der Waals surface area contributed by atoms with Gasteiger partial charge in [-0.05, 0) is 48.8 Å². The van der Waals surface area contributed by atoms with Crippen LogP contribution >= 0.6 is 27.3 Å². The zero-order valence-electron chi connectivity index (χ0n) is 10.9. The van der Waals surface area contributed by atoms with Gasteiger partial charge in [0.25, 0.3) is 0 Å². The number of hydrogen-bond donors (Lipinski definition) is 1. The molecule has 0 saturated heterocycles. The number of thiophene rings is 1. The fraction of sp³-hybridized carbons (Fsp3) is 0.500. The lowest BCUT2D eigenvalue weighted by Crippen LogP contribution is -2.50. The number of rotatable bonds is 4. The number of alkyl carbamates (subject to hydrolysis) is 1. The zero-order valence-corrected chi connectivity index (χ0v) is 13.3. The van der Waals surface area contributed by atoms with Crippen molar-refractivity contribution in [2.45, 2.75) is 38.8 Å². The number of halogens is 1. The molecule has 0 aromatic carbocycles. The summed E-state index contributed by atoms with van der Waals surface area (Å²) in [5.41, 5.74) is -0.674. The predicted molar refractivity (Wildman–Crippen MR) is 73.9 cm³/mol. The van der Waals surface area contributed by atoms with Gasteiger partial charge in [0.2, 0.25) is 0 Å². The largest absolute Gasteiger partial charge is 0.548 e. The van der Waals surface area contributed by atoms with Gasteiger partial charge in [0.15, 0.2) is 0 Å². The molecular formula is C12H15BrNO4S-. The molecule has 0 spiro atoms. The highest BCUT2D eigenvalue weighted by atomic mass is 79.9. The van der Waals surface area contributed by atoms with Crippen molar-refractivity contribution in [2.75, 3.05) is 0 Å². The molecule has 0 fully saturated rings. The summed E-state index contributed by atoms with van der Waals surface area (Å²) in [5, 5.41) is 13.3. The van der Waals surface area contributed by atoms with Gasteiger partial charge in [-0.15, -0.1) is 11.3 Å². The summed E-state index contributed by atoms with van der Waals surface area (Å²) in [5.74, 6) is -1.34. The van der Waals surface area contributed by atoms with Crippen molar-refractivity contribution in [1.29, 1.82) is 0 Å². The van der Waals surface area contributed by atoms with Crippen LogP contribution in [0.5, 0.6) is 0 Å². The Morgan fingerprint density at radius 3 is 2.53 bits per heavy atom. The highest BCUT2D eigenvalue weighted by Crippen LogP contribution is 2.23. The third kappa shape index (κ3) is 6.07. The van der Waals surface area contributed by atoms with Gasteiger partial charge < -0.3 is 20.0 Å². The van der Waals surface area contributed by atoms with Crippen molar-refractivity contribution in [3.05, 3.63) is 20.8 Å². The summed E-state index contributed by atoms with van der Waals surface area (Å²) >= 11 is 4.70. The van der Waals surface area contributed by atoms with Crippen LogP contribution in [0.2, 0.25) is 0 Å². The third-order valence-electron chi connectivity index (χ3n) is 2.01. The molecule has 0 aliphatic rings. The van der Waals surface area contributed by atoms with Gasteiger partial charge in [-0.25, -0.2) is 4.79 Å². The summed E-state index contributed by atoms with van der Waals surface area (Å²) in [6.45, 7) is 5.12. The number of nitrogens with one attached hydrogen (secondary N) is 1. The molecule has 0 bridgehead atoms. The topological polar surface area (TPSA) is 78.5 Å². The molecule has 1 amide bonds. The van der Waals surface area contributed by atoms with E-state index in [4.69, 9.17) is 4.74 Å². The molecule has 7 heteroatoms. The van der Waals surface area contributed by atoms with Gasteiger partial charge >= 0.3 is 6.09 Å². The van der Waals surface area contributed by atoms with Crippen LogP contribution in [0.15, 0.2) is 15.9 Å². The van der Waals surface area contributed by atoms with Gasteiger partial charge in [-0.3, -0.25) is 0 Å². The van der Waals surface area contributed by atoms with Crippen LogP contribution in [-0.4, -0.2) is 23.7 Å². The summed E-state index contributed by atoms with van der Waals surface area (Å²) < 4.78 is 5.91. The zero-order chi connectivity index (χ0) is 14.6. The average Bonchev–Trinajstić information content (AvgIpc) is 2.60. The number of carbonyl (C=O) groups excluding carboxylic acids is 2. The maximum Gasteiger partial charge on any atom is 0.408 e. The molecule has 0 aliphatic heterocycles.